The molecule has 96 valence electrons. The quantitative estimate of drug-likeness (QED) is 0.882. The molecule has 0 radical (unpaired) electrons. The predicted octanol–water partition coefficient (Wildman–Crippen LogP) is 2.21. The number of aromatic nitrogens is 3. The zero-order valence-electron chi connectivity index (χ0n) is 10.4. The first-order chi connectivity index (χ1) is 8.77. The maximum atomic E-state index is 13.8. The summed E-state index contributed by atoms with van der Waals surface area (Å²) in [5, 5.41) is 8.04. The lowest BCUT2D eigenvalue weighted by atomic mass is 10.1. The van der Waals surface area contributed by atoms with Gasteiger partial charge in [-0.1, -0.05) is 30.7 Å². The molecule has 5 heteroatoms. The third-order valence-electron chi connectivity index (χ3n) is 2.88. The summed E-state index contributed by atoms with van der Waals surface area (Å²) in [4.78, 5) is 0. The Bertz CT molecular complexity index is 521. The van der Waals surface area contributed by atoms with Crippen LogP contribution in [-0.2, 0) is 13.0 Å². The number of hydrogen-bond acceptors (Lipinski definition) is 3. The van der Waals surface area contributed by atoms with Gasteiger partial charge in [0.25, 0.3) is 0 Å². The van der Waals surface area contributed by atoms with Crippen LogP contribution in [0.15, 0.2) is 24.3 Å². The van der Waals surface area contributed by atoms with Crippen LogP contribution in [0.4, 0.5) is 4.39 Å². The summed E-state index contributed by atoms with van der Waals surface area (Å²) >= 11 is 0. The van der Waals surface area contributed by atoms with E-state index in [1.807, 2.05) is 0 Å². The van der Waals surface area contributed by atoms with Gasteiger partial charge in [-0.3, -0.25) is 0 Å². The smallest absolute Gasteiger partial charge is 0.148 e. The molecule has 2 rings (SSSR count). The molecule has 4 nitrogen and oxygen atoms in total. The largest absolute Gasteiger partial charge is 0.325 e. The second-order valence-electron chi connectivity index (χ2n) is 4.15. The minimum Gasteiger partial charge on any atom is -0.325 e. The van der Waals surface area contributed by atoms with Gasteiger partial charge in [0.05, 0.1) is 11.4 Å². The molecule has 18 heavy (non-hydrogen) atoms. The lowest BCUT2D eigenvalue weighted by Gasteiger charge is -2.07. The monoisotopic (exact) mass is 248 g/mol. The SMILES string of the molecule is CCCCc1c(CN)nnn1-c1ccccc1F. The third kappa shape index (κ3) is 2.41. The molecule has 0 spiro atoms. The number of para-hydroxylation sites is 1. The van der Waals surface area contributed by atoms with E-state index < -0.39 is 0 Å². The van der Waals surface area contributed by atoms with Crippen LogP contribution < -0.4 is 5.73 Å². The van der Waals surface area contributed by atoms with E-state index in [-0.39, 0.29) is 5.82 Å². The predicted molar refractivity (Wildman–Crippen MR) is 67.8 cm³/mol. The van der Waals surface area contributed by atoms with E-state index >= 15 is 0 Å². The van der Waals surface area contributed by atoms with Crippen LogP contribution in [0.3, 0.4) is 0 Å². The van der Waals surface area contributed by atoms with Crippen LogP contribution in [-0.4, -0.2) is 15.0 Å². The summed E-state index contributed by atoms with van der Waals surface area (Å²) in [6.45, 7) is 2.44. The molecule has 1 aromatic carbocycles. The van der Waals surface area contributed by atoms with Crippen molar-refractivity contribution in [2.75, 3.05) is 0 Å². The Labute approximate surface area is 106 Å². The van der Waals surface area contributed by atoms with E-state index in [0.717, 1.165) is 30.7 Å². The molecule has 0 aliphatic heterocycles. The fraction of sp³-hybridized carbons (Fsp3) is 0.385. The van der Waals surface area contributed by atoms with Crippen molar-refractivity contribution in [1.82, 2.24) is 15.0 Å². The van der Waals surface area contributed by atoms with Crippen molar-refractivity contribution < 1.29 is 4.39 Å². The summed E-state index contributed by atoms with van der Waals surface area (Å²) in [5.74, 6) is -0.302. The molecule has 0 fully saturated rings. The number of benzene rings is 1. The van der Waals surface area contributed by atoms with Gasteiger partial charge in [0.1, 0.15) is 11.5 Å². The molecular formula is C13H17FN4. The molecule has 0 saturated heterocycles. The molecule has 2 N–H and O–H groups in total. The fourth-order valence-electron chi connectivity index (χ4n) is 1.90. The maximum absolute atomic E-state index is 13.8. The van der Waals surface area contributed by atoms with E-state index in [4.69, 9.17) is 5.73 Å². The van der Waals surface area contributed by atoms with Gasteiger partial charge in [-0.25, -0.2) is 9.07 Å². The molecule has 0 aliphatic carbocycles. The molecule has 0 atom stereocenters. The highest BCUT2D eigenvalue weighted by Crippen LogP contribution is 2.17. The molecular weight excluding hydrogens is 231 g/mol. The van der Waals surface area contributed by atoms with Gasteiger partial charge in [0, 0.05) is 6.54 Å². The highest BCUT2D eigenvalue weighted by Gasteiger charge is 2.14. The summed E-state index contributed by atoms with van der Waals surface area (Å²) in [7, 11) is 0. The standard InChI is InChI=1S/C13H17FN4/c1-2-3-7-13-11(9-15)16-17-18(13)12-8-5-4-6-10(12)14/h4-6,8H,2-3,7,9,15H2,1H3. The second-order valence-corrected chi connectivity index (χ2v) is 4.15. The first kappa shape index (κ1) is 12.7. The fourth-order valence-corrected chi connectivity index (χ4v) is 1.90. The van der Waals surface area contributed by atoms with Gasteiger partial charge in [-0.05, 0) is 25.0 Å². The normalized spacial score (nSPS) is 10.8. The van der Waals surface area contributed by atoms with Gasteiger partial charge in [-0.15, -0.1) is 5.10 Å². The van der Waals surface area contributed by atoms with Crippen molar-refractivity contribution in [3.63, 3.8) is 0 Å². The van der Waals surface area contributed by atoms with Crippen molar-refractivity contribution >= 4 is 0 Å². The Hall–Kier alpha value is -1.75. The van der Waals surface area contributed by atoms with E-state index in [2.05, 4.69) is 17.2 Å². The number of hydrogen-bond donors (Lipinski definition) is 1. The Balaban J connectivity index is 2.44. The Morgan fingerprint density at radius 1 is 1.33 bits per heavy atom. The molecule has 2 aromatic rings. The molecule has 0 unspecified atom stereocenters. The summed E-state index contributed by atoms with van der Waals surface area (Å²) in [5.41, 5.74) is 7.72. The Morgan fingerprint density at radius 3 is 2.78 bits per heavy atom. The van der Waals surface area contributed by atoms with Gasteiger partial charge in [0.15, 0.2) is 0 Å². The van der Waals surface area contributed by atoms with Gasteiger partial charge in [0.2, 0.25) is 0 Å². The van der Waals surface area contributed by atoms with Crippen molar-refractivity contribution in [1.29, 1.82) is 0 Å². The average molecular weight is 248 g/mol. The van der Waals surface area contributed by atoms with Crippen molar-refractivity contribution in [3.05, 3.63) is 41.5 Å². The second kappa shape index (κ2) is 5.73. The van der Waals surface area contributed by atoms with E-state index in [9.17, 15) is 4.39 Å². The van der Waals surface area contributed by atoms with E-state index in [0.29, 0.717) is 12.2 Å². The van der Waals surface area contributed by atoms with Crippen molar-refractivity contribution in [2.45, 2.75) is 32.7 Å². The first-order valence-corrected chi connectivity index (χ1v) is 6.16. The molecule has 1 heterocycles. The number of rotatable bonds is 5. The number of unbranched alkanes of at least 4 members (excludes halogenated alkanes) is 1. The summed E-state index contributed by atoms with van der Waals surface area (Å²) < 4.78 is 15.3. The van der Waals surface area contributed by atoms with Crippen LogP contribution in [0.5, 0.6) is 0 Å². The molecule has 0 bridgehead atoms. The van der Waals surface area contributed by atoms with Crippen molar-refractivity contribution in [3.8, 4) is 5.69 Å². The summed E-state index contributed by atoms with van der Waals surface area (Å²) in [6, 6.07) is 6.56. The summed E-state index contributed by atoms with van der Waals surface area (Å²) in [6.07, 6.45) is 2.88. The molecule has 1 aromatic heterocycles. The average Bonchev–Trinajstić information content (AvgIpc) is 2.79. The van der Waals surface area contributed by atoms with Crippen LogP contribution >= 0.6 is 0 Å². The first-order valence-electron chi connectivity index (χ1n) is 6.16. The minimum atomic E-state index is -0.302. The third-order valence-corrected chi connectivity index (χ3v) is 2.88. The van der Waals surface area contributed by atoms with E-state index in [1.165, 1.54) is 6.07 Å². The van der Waals surface area contributed by atoms with Crippen LogP contribution in [0, 0.1) is 5.82 Å². The van der Waals surface area contributed by atoms with Crippen LogP contribution in [0.2, 0.25) is 0 Å². The topological polar surface area (TPSA) is 56.7 Å². The van der Waals surface area contributed by atoms with Crippen molar-refractivity contribution in [2.24, 2.45) is 5.73 Å². The number of nitrogens with two attached hydrogens (primary N) is 1. The van der Waals surface area contributed by atoms with Crippen LogP contribution in [0.25, 0.3) is 5.69 Å². The van der Waals surface area contributed by atoms with Gasteiger partial charge in [-0.2, -0.15) is 0 Å². The minimum absolute atomic E-state index is 0.302. The lowest BCUT2D eigenvalue weighted by Crippen LogP contribution is -2.07. The zero-order valence-corrected chi connectivity index (χ0v) is 10.4. The highest BCUT2D eigenvalue weighted by molar-refractivity contribution is 5.35. The van der Waals surface area contributed by atoms with Gasteiger partial charge < -0.3 is 5.73 Å². The Morgan fingerprint density at radius 2 is 2.11 bits per heavy atom. The highest BCUT2D eigenvalue weighted by atomic mass is 19.1. The molecule has 0 aliphatic rings. The Kier molecular flexibility index (Phi) is 4.04. The molecule has 0 saturated carbocycles. The zero-order chi connectivity index (χ0) is 13.0. The number of halogens is 1. The maximum Gasteiger partial charge on any atom is 0.148 e. The molecule has 0 amide bonds. The van der Waals surface area contributed by atoms with Gasteiger partial charge >= 0.3 is 0 Å². The van der Waals surface area contributed by atoms with Crippen LogP contribution in [0.1, 0.15) is 31.2 Å². The number of nitrogens with zero attached hydrogens (tertiary/aromatic N) is 3. The lowest BCUT2D eigenvalue weighted by molar-refractivity contribution is 0.600. The van der Waals surface area contributed by atoms with E-state index in [1.54, 1.807) is 22.9 Å².